The predicted octanol–water partition coefficient (Wildman–Crippen LogP) is 4.16. The lowest BCUT2D eigenvalue weighted by Crippen LogP contribution is -2.38. The van der Waals surface area contributed by atoms with E-state index in [-0.39, 0.29) is 6.09 Å². The number of methoxy groups -OCH3 is 1. The zero-order chi connectivity index (χ0) is 23.3. The summed E-state index contributed by atoms with van der Waals surface area (Å²) in [5.41, 5.74) is 5.04. The second-order valence-corrected chi connectivity index (χ2v) is 10.1. The Hall–Kier alpha value is -3.14. The average Bonchev–Trinajstić information content (AvgIpc) is 3.46. The maximum atomic E-state index is 12.4. The maximum Gasteiger partial charge on any atom is 0.410 e. The Labute approximate surface area is 199 Å². The summed E-state index contributed by atoms with van der Waals surface area (Å²) < 4.78 is 11.7. The number of imidazole rings is 1. The number of rotatable bonds is 3. The molecule has 0 atom stereocenters. The Morgan fingerprint density at radius 3 is 2.48 bits per heavy atom. The van der Waals surface area contributed by atoms with Gasteiger partial charge in [-0.15, -0.1) is 0 Å². The summed E-state index contributed by atoms with van der Waals surface area (Å²) in [7, 11) is 1.64. The number of ether oxygens (including phenoxy) is 2. The SMILES string of the molecule is COc1ccc(-c2nc(N3CC4=C(CN(C(=O)OC(C)(C)C)C4)C3)nc3nc[nH]c23)cc1Br. The van der Waals surface area contributed by atoms with Crippen LogP contribution in [0.5, 0.6) is 5.75 Å². The number of carbonyl (C=O) groups excluding carboxylic acids is 1. The number of halogens is 1. The van der Waals surface area contributed by atoms with Crippen molar-refractivity contribution >= 4 is 39.1 Å². The first-order chi connectivity index (χ1) is 15.7. The van der Waals surface area contributed by atoms with Crippen LogP contribution in [0.4, 0.5) is 10.7 Å². The van der Waals surface area contributed by atoms with Gasteiger partial charge in [0.2, 0.25) is 5.95 Å². The molecule has 0 radical (unpaired) electrons. The summed E-state index contributed by atoms with van der Waals surface area (Å²) in [6, 6.07) is 5.85. The number of aromatic amines is 1. The highest BCUT2D eigenvalue weighted by Crippen LogP contribution is 2.34. The van der Waals surface area contributed by atoms with E-state index in [2.05, 4.69) is 30.8 Å². The molecule has 9 nitrogen and oxygen atoms in total. The largest absolute Gasteiger partial charge is 0.496 e. The second-order valence-electron chi connectivity index (χ2n) is 9.22. The van der Waals surface area contributed by atoms with E-state index < -0.39 is 5.60 Å². The van der Waals surface area contributed by atoms with Gasteiger partial charge in [0.25, 0.3) is 0 Å². The number of nitrogens with one attached hydrogen (secondary N) is 1. The van der Waals surface area contributed by atoms with Gasteiger partial charge in [-0.25, -0.2) is 14.8 Å². The highest BCUT2D eigenvalue weighted by atomic mass is 79.9. The molecular weight excluding hydrogens is 488 g/mol. The third-order valence-electron chi connectivity index (χ3n) is 5.66. The molecule has 5 rings (SSSR count). The first kappa shape index (κ1) is 21.7. The molecule has 0 saturated heterocycles. The predicted molar refractivity (Wildman–Crippen MR) is 128 cm³/mol. The van der Waals surface area contributed by atoms with E-state index in [0.29, 0.717) is 37.8 Å². The second kappa shape index (κ2) is 8.02. The van der Waals surface area contributed by atoms with Crippen molar-refractivity contribution < 1.29 is 14.3 Å². The van der Waals surface area contributed by atoms with Crippen molar-refractivity contribution in [2.75, 3.05) is 38.2 Å². The first-order valence-corrected chi connectivity index (χ1v) is 11.5. The quantitative estimate of drug-likeness (QED) is 0.526. The zero-order valence-electron chi connectivity index (χ0n) is 19.0. The summed E-state index contributed by atoms with van der Waals surface area (Å²) >= 11 is 3.56. The van der Waals surface area contributed by atoms with Gasteiger partial charge in [-0.05, 0) is 66.0 Å². The molecule has 0 aliphatic carbocycles. The van der Waals surface area contributed by atoms with Gasteiger partial charge < -0.3 is 24.3 Å². The van der Waals surface area contributed by atoms with Gasteiger partial charge in [0, 0.05) is 31.7 Å². The van der Waals surface area contributed by atoms with Crippen LogP contribution in [-0.4, -0.2) is 69.8 Å². The Morgan fingerprint density at radius 1 is 1.12 bits per heavy atom. The van der Waals surface area contributed by atoms with Crippen LogP contribution >= 0.6 is 15.9 Å². The molecule has 0 fully saturated rings. The molecule has 0 spiro atoms. The van der Waals surface area contributed by atoms with Gasteiger partial charge in [0.05, 0.1) is 17.9 Å². The molecule has 2 aromatic heterocycles. The molecule has 1 amide bonds. The Kier molecular flexibility index (Phi) is 5.27. The average molecular weight is 513 g/mol. The molecule has 4 heterocycles. The third-order valence-corrected chi connectivity index (χ3v) is 6.28. The van der Waals surface area contributed by atoms with Crippen LogP contribution in [-0.2, 0) is 4.74 Å². The molecule has 0 unspecified atom stereocenters. The number of aromatic nitrogens is 4. The first-order valence-electron chi connectivity index (χ1n) is 10.7. The van der Waals surface area contributed by atoms with Gasteiger partial charge in [-0.3, -0.25) is 0 Å². The number of hydrogen-bond donors (Lipinski definition) is 1. The van der Waals surface area contributed by atoms with E-state index in [9.17, 15) is 4.79 Å². The lowest BCUT2D eigenvalue weighted by molar-refractivity contribution is 0.0297. The minimum atomic E-state index is -0.504. The minimum absolute atomic E-state index is 0.273. The fraction of sp³-hybridized carbons (Fsp3) is 0.391. The standard InChI is InChI=1S/C23H25BrN6O3/c1-23(2,3)33-22(31)30-10-14-8-29(9-15(14)11-30)21-27-18(19-20(28-21)26-12-25-19)13-5-6-17(32-4)16(24)7-13/h5-7,12H,8-11H2,1-4H3,(H,25,26,27,28). The summed E-state index contributed by atoms with van der Waals surface area (Å²) in [4.78, 5) is 33.5. The summed E-state index contributed by atoms with van der Waals surface area (Å²) in [5, 5.41) is 0. The van der Waals surface area contributed by atoms with E-state index in [1.54, 1.807) is 18.3 Å². The van der Waals surface area contributed by atoms with Crippen LogP contribution in [0.15, 0.2) is 40.1 Å². The van der Waals surface area contributed by atoms with Crippen LogP contribution in [0.3, 0.4) is 0 Å². The van der Waals surface area contributed by atoms with E-state index >= 15 is 0 Å². The van der Waals surface area contributed by atoms with Crippen LogP contribution in [0.1, 0.15) is 20.8 Å². The van der Waals surface area contributed by atoms with Crippen molar-refractivity contribution in [3.05, 3.63) is 40.1 Å². The van der Waals surface area contributed by atoms with Gasteiger partial charge in [-0.1, -0.05) is 0 Å². The Balaban J connectivity index is 1.38. The van der Waals surface area contributed by atoms with Crippen molar-refractivity contribution in [2.45, 2.75) is 26.4 Å². The molecular formula is C23H25BrN6O3. The Bertz CT molecular complexity index is 1260. The van der Waals surface area contributed by atoms with Crippen molar-refractivity contribution in [3.63, 3.8) is 0 Å². The van der Waals surface area contributed by atoms with Crippen LogP contribution < -0.4 is 9.64 Å². The lowest BCUT2D eigenvalue weighted by Gasteiger charge is -2.26. The maximum absolute atomic E-state index is 12.4. The van der Waals surface area contributed by atoms with Gasteiger partial charge in [0.15, 0.2) is 5.65 Å². The molecule has 3 aromatic rings. The minimum Gasteiger partial charge on any atom is -0.496 e. The van der Waals surface area contributed by atoms with Crippen LogP contribution in [0.25, 0.3) is 22.4 Å². The lowest BCUT2D eigenvalue weighted by atomic mass is 10.1. The number of nitrogens with zero attached hydrogens (tertiary/aromatic N) is 5. The number of fused-ring (bicyclic) bond motifs is 1. The number of H-pyrrole nitrogens is 1. The summed E-state index contributed by atoms with van der Waals surface area (Å²) in [6.07, 6.45) is 1.36. The van der Waals surface area contributed by atoms with Crippen molar-refractivity contribution in [2.24, 2.45) is 0 Å². The van der Waals surface area contributed by atoms with Gasteiger partial charge >= 0.3 is 6.09 Å². The van der Waals surface area contributed by atoms with Crippen LogP contribution in [0, 0.1) is 0 Å². The van der Waals surface area contributed by atoms with E-state index in [1.807, 2.05) is 39.0 Å². The fourth-order valence-electron chi connectivity index (χ4n) is 4.16. The molecule has 0 saturated carbocycles. The van der Waals surface area contributed by atoms with E-state index in [1.165, 1.54) is 11.1 Å². The molecule has 2 aliphatic rings. The molecule has 172 valence electrons. The molecule has 1 aromatic carbocycles. The smallest absolute Gasteiger partial charge is 0.410 e. The fourth-order valence-corrected chi connectivity index (χ4v) is 4.70. The van der Waals surface area contributed by atoms with Gasteiger partial charge in [0.1, 0.15) is 22.6 Å². The third kappa shape index (κ3) is 4.15. The number of amides is 1. The van der Waals surface area contributed by atoms with E-state index in [0.717, 1.165) is 27.0 Å². The molecule has 10 heteroatoms. The topological polar surface area (TPSA) is 96.5 Å². The zero-order valence-corrected chi connectivity index (χ0v) is 20.6. The van der Waals surface area contributed by atoms with Gasteiger partial charge in [-0.2, -0.15) is 4.98 Å². The van der Waals surface area contributed by atoms with Crippen LogP contribution in [0.2, 0.25) is 0 Å². The monoisotopic (exact) mass is 512 g/mol. The number of anilines is 1. The highest BCUT2D eigenvalue weighted by Gasteiger charge is 2.35. The molecule has 2 aliphatic heterocycles. The van der Waals surface area contributed by atoms with Crippen molar-refractivity contribution in [1.29, 1.82) is 0 Å². The number of hydrogen-bond acceptors (Lipinski definition) is 7. The molecule has 0 bridgehead atoms. The van der Waals surface area contributed by atoms with E-state index in [4.69, 9.17) is 19.4 Å². The Morgan fingerprint density at radius 2 is 1.85 bits per heavy atom. The summed E-state index contributed by atoms with van der Waals surface area (Å²) in [6.45, 7) is 8.14. The normalized spacial score (nSPS) is 16.0. The molecule has 1 N–H and O–H groups in total. The molecule has 33 heavy (non-hydrogen) atoms. The number of benzene rings is 1. The summed E-state index contributed by atoms with van der Waals surface area (Å²) in [5.74, 6) is 1.37. The highest BCUT2D eigenvalue weighted by molar-refractivity contribution is 9.10. The van der Waals surface area contributed by atoms with Crippen molar-refractivity contribution in [3.8, 4) is 17.0 Å². The van der Waals surface area contributed by atoms with Crippen molar-refractivity contribution in [1.82, 2.24) is 24.8 Å². The number of carbonyl (C=O) groups is 1.